The van der Waals surface area contributed by atoms with Gasteiger partial charge in [-0.3, -0.25) is 9.79 Å². The third-order valence-electron chi connectivity index (χ3n) is 5.86. The molecule has 1 aliphatic carbocycles. The summed E-state index contributed by atoms with van der Waals surface area (Å²) in [5, 5.41) is 13.9. The Morgan fingerprint density at radius 2 is 1.78 bits per heavy atom. The van der Waals surface area contributed by atoms with Gasteiger partial charge in [-0.2, -0.15) is 0 Å². The highest BCUT2D eigenvalue weighted by atomic mass is 127. The maximum atomic E-state index is 12.7. The normalized spacial score (nSPS) is 23.9. The van der Waals surface area contributed by atoms with Gasteiger partial charge in [0.1, 0.15) is 0 Å². The Kier molecular flexibility index (Phi) is 9.07. The van der Waals surface area contributed by atoms with Crippen LogP contribution in [0, 0.1) is 5.92 Å². The monoisotopic (exact) mass is 494 g/mol. The SMILES string of the molecule is CCNC(=NCC1(O)CCCC1)N1CCC(C(=O)N2CCOCC2)CC1.I. The van der Waals surface area contributed by atoms with Gasteiger partial charge < -0.3 is 25.0 Å². The van der Waals surface area contributed by atoms with Crippen LogP contribution in [0.1, 0.15) is 45.4 Å². The van der Waals surface area contributed by atoms with Crippen molar-refractivity contribution in [3.63, 3.8) is 0 Å². The molecule has 0 spiro atoms. The number of hydrogen-bond acceptors (Lipinski definition) is 4. The van der Waals surface area contributed by atoms with Crippen LogP contribution in [-0.4, -0.2) is 84.9 Å². The number of carbonyl (C=O) groups excluding carboxylic acids is 1. The molecule has 2 aliphatic heterocycles. The van der Waals surface area contributed by atoms with Crippen LogP contribution in [0.2, 0.25) is 0 Å². The first kappa shape index (κ1) is 22.7. The highest BCUT2D eigenvalue weighted by molar-refractivity contribution is 14.0. The summed E-state index contributed by atoms with van der Waals surface area (Å²) in [6.45, 7) is 7.79. The molecule has 8 heteroatoms. The fourth-order valence-electron chi connectivity index (χ4n) is 4.22. The molecule has 3 aliphatic rings. The number of morpholine rings is 1. The second-order valence-corrected chi connectivity index (χ2v) is 7.80. The third kappa shape index (κ3) is 6.19. The maximum absolute atomic E-state index is 12.7. The number of aliphatic imine (C=N–C) groups is 1. The predicted molar refractivity (Wildman–Crippen MR) is 117 cm³/mol. The van der Waals surface area contributed by atoms with E-state index >= 15 is 0 Å². The standard InChI is InChI=1S/C19H34N4O3.HI/c1-2-20-18(21-15-19(25)7-3-4-8-19)23-9-5-16(6-10-23)17(24)22-11-13-26-14-12-22;/h16,25H,2-15H2,1H3,(H,20,21);1H. The summed E-state index contributed by atoms with van der Waals surface area (Å²) in [7, 11) is 0. The van der Waals surface area contributed by atoms with Gasteiger partial charge in [-0.05, 0) is 32.6 Å². The Morgan fingerprint density at radius 1 is 1.15 bits per heavy atom. The molecule has 3 fully saturated rings. The lowest BCUT2D eigenvalue weighted by Gasteiger charge is -2.37. The lowest BCUT2D eigenvalue weighted by molar-refractivity contribution is -0.140. The largest absolute Gasteiger partial charge is 0.388 e. The molecular weight excluding hydrogens is 459 g/mol. The zero-order valence-corrected chi connectivity index (χ0v) is 18.8. The average Bonchev–Trinajstić information content (AvgIpc) is 3.12. The summed E-state index contributed by atoms with van der Waals surface area (Å²) in [6.07, 6.45) is 5.63. The van der Waals surface area contributed by atoms with Gasteiger partial charge in [0, 0.05) is 38.6 Å². The van der Waals surface area contributed by atoms with Gasteiger partial charge in [-0.1, -0.05) is 12.8 Å². The Hall–Kier alpha value is -0.610. The molecule has 2 heterocycles. The van der Waals surface area contributed by atoms with E-state index < -0.39 is 5.60 Å². The molecule has 2 N–H and O–H groups in total. The second-order valence-electron chi connectivity index (χ2n) is 7.80. The topological polar surface area (TPSA) is 77.4 Å². The van der Waals surface area contributed by atoms with E-state index in [1.165, 1.54) is 0 Å². The first-order valence-electron chi connectivity index (χ1n) is 10.2. The molecule has 1 amide bonds. The highest BCUT2D eigenvalue weighted by Gasteiger charge is 2.33. The molecule has 0 aromatic heterocycles. The Bertz CT molecular complexity index is 497. The number of rotatable bonds is 4. The van der Waals surface area contributed by atoms with Crippen molar-refractivity contribution in [1.29, 1.82) is 0 Å². The number of guanidine groups is 1. The van der Waals surface area contributed by atoms with E-state index in [0.29, 0.717) is 19.8 Å². The van der Waals surface area contributed by atoms with Crippen molar-refractivity contribution in [2.75, 3.05) is 52.5 Å². The number of aliphatic hydroxyl groups is 1. The predicted octanol–water partition coefficient (Wildman–Crippen LogP) is 1.45. The molecule has 27 heavy (non-hydrogen) atoms. The molecule has 0 aromatic rings. The van der Waals surface area contributed by atoms with E-state index in [9.17, 15) is 9.90 Å². The van der Waals surface area contributed by atoms with Crippen LogP contribution in [0.15, 0.2) is 4.99 Å². The Labute approximate surface area is 179 Å². The fourth-order valence-corrected chi connectivity index (χ4v) is 4.22. The first-order chi connectivity index (χ1) is 12.6. The third-order valence-corrected chi connectivity index (χ3v) is 5.86. The summed E-state index contributed by atoms with van der Waals surface area (Å²) >= 11 is 0. The van der Waals surface area contributed by atoms with Gasteiger partial charge in [-0.25, -0.2) is 0 Å². The molecule has 7 nitrogen and oxygen atoms in total. The number of ether oxygens (including phenoxy) is 1. The Morgan fingerprint density at radius 3 is 2.37 bits per heavy atom. The molecule has 2 saturated heterocycles. The van der Waals surface area contributed by atoms with Gasteiger partial charge in [0.05, 0.1) is 25.4 Å². The molecule has 156 valence electrons. The van der Waals surface area contributed by atoms with Crippen LogP contribution < -0.4 is 5.32 Å². The number of carbonyl (C=O) groups is 1. The molecule has 3 rings (SSSR count). The van der Waals surface area contributed by atoms with E-state index in [-0.39, 0.29) is 35.8 Å². The van der Waals surface area contributed by atoms with E-state index in [1.54, 1.807) is 0 Å². The number of amides is 1. The minimum atomic E-state index is -0.620. The molecule has 1 saturated carbocycles. The summed E-state index contributed by atoms with van der Waals surface area (Å²) in [5.41, 5.74) is -0.620. The van der Waals surface area contributed by atoms with Crippen LogP contribution >= 0.6 is 24.0 Å². The summed E-state index contributed by atoms with van der Waals surface area (Å²) < 4.78 is 5.34. The summed E-state index contributed by atoms with van der Waals surface area (Å²) in [6, 6.07) is 0. The van der Waals surface area contributed by atoms with Gasteiger partial charge in [0.2, 0.25) is 5.91 Å². The number of nitrogens with one attached hydrogen (secondary N) is 1. The molecule has 0 radical (unpaired) electrons. The molecule has 0 unspecified atom stereocenters. The quantitative estimate of drug-likeness (QED) is 0.352. The van der Waals surface area contributed by atoms with E-state index in [4.69, 9.17) is 9.73 Å². The number of hydrogen-bond donors (Lipinski definition) is 2. The Balaban J connectivity index is 0.00000261. The van der Waals surface area contributed by atoms with E-state index in [1.807, 2.05) is 4.90 Å². The number of nitrogens with zero attached hydrogens (tertiary/aromatic N) is 3. The number of likely N-dealkylation sites (tertiary alicyclic amines) is 1. The first-order valence-corrected chi connectivity index (χ1v) is 10.2. The molecule has 0 atom stereocenters. The molecule has 0 bridgehead atoms. The van der Waals surface area contributed by atoms with Crippen LogP contribution in [0.4, 0.5) is 0 Å². The summed E-state index contributed by atoms with van der Waals surface area (Å²) in [5.74, 6) is 1.28. The fraction of sp³-hybridized carbons (Fsp3) is 0.895. The smallest absolute Gasteiger partial charge is 0.225 e. The second kappa shape index (κ2) is 10.8. The van der Waals surface area contributed by atoms with Gasteiger partial charge >= 0.3 is 0 Å². The van der Waals surface area contributed by atoms with Gasteiger partial charge in [0.25, 0.3) is 0 Å². The van der Waals surface area contributed by atoms with Crippen molar-refractivity contribution in [2.45, 2.75) is 51.0 Å². The number of piperidine rings is 1. The van der Waals surface area contributed by atoms with Crippen LogP contribution in [0.25, 0.3) is 0 Å². The maximum Gasteiger partial charge on any atom is 0.225 e. The van der Waals surface area contributed by atoms with Crippen molar-refractivity contribution in [3.05, 3.63) is 0 Å². The van der Waals surface area contributed by atoms with Crippen LogP contribution in [-0.2, 0) is 9.53 Å². The average molecular weight is 494 g/mol. The van der Waals surface area contributed by atoms with Crippen LogP contribution in [0.3, 0.4) is 0 Å². The molecular formula is C19H35IN4O3. The van der Waals surface area contributed by atoms with Crippen molar-refractivity contribution >= 4 is 35.8 Å². The van der Waals surface area contributed by atoms with Gasteiger partial charge in [0.15, 0.2) is 5.96 Å². The zero-order chi connectivity index (χ0) is 18.4. The van der Waals surface area contributed by atoms with Crippen LogP contribution in [0.5, 0.6) is 0 Å². The van der Waals surface area contributed by atoms with Gasteiger partial charge in [-0.15, -0.1) is 24.0 Å². The van der Waals surface area contributed by atoms with E-state index in [0.717, 1.165) is 77.2 Å². The minimum absolute atomic E-state index is 0. The number of halogens is 1. The van der Waals surface area contributed by atoms with Crippen molar-refractivity contribution in [2.24, 2.45) is 10.9 Å². The molecule has 0 aromatic carbocycles. The highest BCUT2D eigenvalue weighted by Crippen LogP contribution is 2.29. The zero-order valence-electron chi connectivity index (χ0n) is 16.5. The van der Waals surface area contributed by atoms with Crippen molar-refractivity contribution in [1.82, 2.24) is 15.1 Å². The van der Waals surface area contributed by atoms with Crippen molar-refractivity contribution < 1.29 is 14.6 Å². The lowest BCUT2D eigenvalue weighted by Crippen LogP contribution is -2.50. The van der Waals surface area contributed by atoms with E-state index in [2.05, 4.69) is 17.1 Å². The summed E-state index contributed by atoms with van der Waals surface area (Å²) in [4.78, 5) is 21.6. The van der Waals surface area contributed by atoms with Crippen molar-refractivity contribution in [3.8, 4) is 0 Å². The minimum Gasteiger partial charge on any atom is -0.388 e. The lowest BCUT2D eigenvalue weighted by atomic mass is 9.95.